The van der Waals surface area contributed by atoms with E-state index < -0.39 is 0 Å². The predicted molar refractivity (Wildman–Crippen MR) is 100.0 cm³/mol. The molecule has 1 aliphatic carbocycles. The van der Waals surface area contributed by atoms with E-state index in [-0.39, 0.29) is 11.3 Å². The standard InChI is InChI=1S/C18H23N3OS2/c22-16(18(7-1-2-8-18)15-6-4-11-23-15)20-13-14-5-3-10-21(14)17-19-9-12-24-17/h4,6,9,11-12,14H,1-3,5,7-8,10,13H2,(H,20,22). The maximum absolute atomic E-state index is 13.1. The number of anilines is 1. The first-order valence-corrected chi connectivity index (χ1v) is 10.5. The number of nitrogens with one attached hydrogen (secondary N) is 1. The van der Waals surface area contributed by atoms with E-state index in [1.807, 2.05) is 11.6 Å². The molecule has 4 nitrogen and oxygen atoms in total. The Balaban J connectivity index is 1.44. The second-order valence-electron chi connectivity index (χ2n) is 6.78. The monoisotopic (exact) mass is 361 g/mol. The van der Waals surface area contributed by atoms with Crippen molar-refractivity contribution in [2.75, 3.05) is 18.0 Å². The van der Waals surface area contributed by atoms with E-state index in [0.29, 0.717) is 6.04 Å². The molecule has 1 amide bonds. The Kier molecular flexibility index (Phi) is 4.59. The molecule has 1 atom stereocenters. The average Bonchev–Trinajstić information content (AvgIpc) is 3.41. The lowest BCUT2D eigenvalue weighted by Gasteiger charge is -2.29. The molecular weight excluding hydrogens is 338 g/mol. The summed E-state index contributed by atoms with van der Waals surface area (Å²) in [4.78, 5) is 21.1. The van der Waals surface area contributed by atoms with Crippen LogP contribution in [0.15, 0.2) is 29.1 Å². The van der Waals surface area contributed by atoms with Crippen LogP contribution in [0.4, 0.5) is 5.13 Å². The third kappa shape index (κ3) is 2.86. The fraction of sp³-hybridized carbons (Fsp3) is 0.556. The first-order chi connectivity index (χ1) is 11.8. The Morgan fingerprint density at radius 3 is 2.88 bits per heavy atom. The van der Waals surface area contributed by atoms with Gasteiger partial charge in [0, 0.05) is 35.6 Å². The highest BCUT2D eigenvalue weighted by Crippen LogP contribution is 2.43. The van der Waals surface area contributed by atoms with Gasteiger partial charge in [0.1, 0.15) is 0 Å². The van der Waals surface area contributed by atoms with Crippen molar-refractivity contribution in [3.05, 3.63) is 34.0 Å². The van der Waals surface area contributed by atoms with Crippen molar-refractivity contribution in [2.24, 2.45) is 0 Å². The topological polar surface area (TPSA) is 45.2 Å². The molecule has 3 heterocycles. The molecule has 1 N–H and O–H groups in total. The first-order valence-electron chi connectivity index (χ1n) is 8.78. The second kappa shape index (κ2) is 6.84. The molecule has 0 aromatic carbocycles. The van der Waals surface area contributed by atoms with Crippen LogP contribution < -0.4 is 10.2 Å². The number of hydrogen-bond acceptors (Lipinski definition) is 5. The third-order valence-electron chi connectivity index (χ3n) is 5.42. The molecule has 1 saturated carbocycles. The molecule has 2 aromatic heterocycles. The number of rotatable bonds is 5. The van der Waals surface area contributed by atoms with Crippen LogP contribution in [-0.4, -0.2) is 30.0 Å². The van der Waals surface area contributed by atoms with E-state index in [1.54, 1.807) is 22.7 Å². The second-order valence-corrected chi connectivity index (χ2v) is 8.60. The predicted octanol–water partition coefficient (Wildman–Crippen LogP) is 3.80. The molecule has 6 heteroatoms. The van der Waals surface area contributed by atoms with Crippen LogP contribution >= 0.6 is 22.7 Å². The molecule has 1 aliphatic heterocycles. The maximum atomic E-state index is 13.1. The molecular formula is C18H23N3OS2. The number of nitrogens with zero attached hydrogens (tertiary/aromatic N) is 2. The van der Waals surface area contributed by atoms with Crippen molar-refractivity contribution >= 4 is 33.7 Å². The molecule has 2 fully saturated rings. The van der Waals surface area contributed by atoms with E-state index in [2.05, 4.69) is 32.7 Å². The number of thiophene rings is 1. The molecule has 0 spiro atoms. The largest absolute Gasteiger partial charge is 0.353 e. The summed E-state index contributed by atoms with van der Waals surface area (Å²) in [6.45, 7) is 1.77. The van der Waals surface area contributed by atoms with Crippen LogP contribution in [0.2, 0.25) is 0 Å². The van der Waals surface area contributed by atoms with E-state index in [9.17, 15) is 4.79 Å². The van der Waals surface area contributed by atoms with Crippen molar-refractivity contribution < 1.29 is 4.79 Å². The normalized spacial score (nSPS) is 22.8. The van der Waals surface area contributed by atoms with Gasteiger partial charge in [0.05, 0.1) is 5.41 Å². The van der Waals surface area contributed by atoms with Gasteiger partial charge in [-0.25, -0.2) is 4.98 Å². The Labute approximate surface area is 150 Å². The van der Waals surface area contributed by atoms with E-state index in [0.717, 1.165) is 50.3 Å². The average molecular weight is 362 g/mol. The minimum atomic E-state index is -0.279. The third-order valence-corrected chi connectivity index (χ3v) is 7.31. The van der Waals surface area contributed by atoms with Gasteiger partial charge < -0.3 is 10.2 Å². The SMILES string of the molecule is O=C(NCC1CCCN1c1nccs1)C1(c2cccs2)CCCC1. The van der Waals surface area contributed by atoms with E-state index in [1.165, 1.54) is 11.3 Å². The molecule has 0 radical (unpaired) electrons. The van der Waals surface area contributed by atoms with Crippen LogP contribution in [0.1, 0.15) is 43.4 Å². The molecule has 2 aliphatic rings. The van der Waals surface area contributed by atoms with Gasteiger partial charge in [-0.15, -0.1) is 22.7 Å². The molecule has 0 bridgehead atoms. The Hall–Kier alpha value is -1.40. The Bertz CT molecular complexity index is 663. The zero-order chi connectivity index (χ0) is 16.4. The number of carbonyl (C=O) groups excluding carboxylic acids is 1. The molecule has 1 saturated heterocycles. The summed E-state index contributed by atoms with van der Waals surface area (Å²) < 4.78 is 0. The highest BCUT2D eigenvalue weighted by molar-refractivity contribution is 7.13. The van der Waals surface area contributed by atoms with Crippen LogP contribution in [0, 0.1) is 0 Å². The maximum Gasteiger partial charge on any atom is 0.231 e. The summed E-state index contributed by atoms with van der Waals surface area (Å²) in [5, 5.41) is 8.48. The molecule has 1 unspecified atom stereocenters. The van der Waals surface area contributed by atoms with Gasteiger partial charge in [-0.3, -0.25) is 4.79 Å². The highest BCUT2D eigenvalue weighted by atomic mass is 32.1. The zero-order valence-electron chi connectivity index (χ0n) is 13.7. The minimum Gasteiger partial charge on any atom is -0.353 e. The smallest absolute Gasteiger partial charge is 0.231 e. The van der Waals surface area contributed by atoms with E-state index >= 15 is 0 Å². The highest BCUT2D eigenvalue weighted by Gasteiger charge is 2.43. The van der Waals surface area contributed by atoms with Gasteiger partial charge >= 0.3 is 0 Å². The number of thiazole rings is 1. The molecule has 128 valence electrons. The fourth-order valence-corrected chi connectivity index (χ4v) is 5.88. The van der Waals surface area contributed by atoms with Crippen LogP contribution in [0.3, 0.4) is 0 Å². The first kappa shape index (κ1) is 16.1. The number of hydrogen-bond donors (Lipinski definition) is 1. The zero-order valence-corrected chi connectivity index (χ0v) is 15.4. The lowest BCUT2D eigenvalue weighted by molar-refractivity contribution is -0.126. The fourth-order valence-electron chi connectivity index (χ4n) is 4.15. The van der Waals surface area contributed by atoms with Crippen molar-refractivity contribution in [1.82, 2.24) is 10.3 Å². The quantitative estimate of drug-likeness (QED) is 0.881. The molecule has 2 aromatic rings. The van der Waals surface area contributed by atoms with Crippen molar-refractivity contribution in [1.29, 1.82) is 0 Å². The summed E-state index contributed by atoms with van der Waals surface area (Å²) in [7, 11) is 0. The molecule has 4 rings (SSSR count). The van der Waals surface area contributed by atoms with Gasteiger partial charge in [-0.05, 0) is 37.1 Å². The Morgan fingerprint density at radius 2 is 2.17 bits per heavy atom. The van der Waals surface area contributed by atoms with E-state index in [4.69, 9.17) is 0 Å². The number of amides is 1. The summed E-state index contributed by atoms with van der Waals surface area (Å²) >= 11 is 3.41. The lowest BCUT2D eigenvalue weighted by Crippen LogP contribution is -2.47. The van der Waals surface area contributed by atoms with Gasteiger partial charge in [-0.1, -0.05) is 18.9 Å². The Morgan fingerprint density at radius 1 is 1.29 bits per heavy atom. The van der Waals surface area contributed by atoms with Crippen LogP contribution in [0.25, 0.3) is 0 Å². The summed E-state index contributed by atoms with van der Waals surface area (Å²) in [5.41, 5.74) is -0.279. The van der Waals surface area contributed by atoms with Gasteiger partial charge in [0.25, 0.3) is 0 Å². The number of carbonyl (C=O) groups is 1. The molecule has 24 heavy (non-hydrogen) atoms. The van der Waals surface area contributed by atoms with Crippen molar-refractivity contribution in [2.45, 2.75) is 50.0 Å². The van der Waals surface area contributed by atoms with Crippen molar-refractivity contribution in [3.63, 3.8) is 0 Å². The minimum absolute atomic E-state index is 0.230. The van der Waals surface area contributed by atoms with Crippen LogP contribution in [-0.2, 0) is 10.2 Å². The van der Waals surface area contributed by atoms with Gasteiger partial charge in [0.2, 0.25) is 5.91 Å². The summed E-state index contributed by atoms with van der Waals surface area (Å²) in [6.07, 6.45) is 8.45. The number of aromatic nitrogens is 1. The van der Waals surface area contributed by atoms with Crippen molar-refractivity contribution in [3.8, 4) is 0 Å². The lowest BCUT2D eigenvalue weighted by atomic mass is 9.83. The van der Waals surface area contributed by atoms with Gasteiger partial charge in [0.15, 0.2) is 5.13 Å². The summed E-state index contributed by atoms with van der Waals surface area (Å²) in [5.74, 6) is 0.230. The van der Waals surface area contributed by atoms with Crippen LogP contribution in [0.5, 0.6) is 0 Å². The van der Waals surface area contributed by atoms with Gasteiger partial charge in [-0.2, -0.15) is 0 Å². The summed E-state index contributed by atoms with van der Waals surface area (Å²) in [6, 6.07) is 4.57.